The van der Waals surface area contributed by atoms with Crippen LogP contribution in [0.25, 0.3) is 27.7 Å². The molecule has 0 spiro atoms. The first-order valence-corrected chi connectivity index (χ1v) is 8.52. The van der Waals surface area contributed by atoms with E-state index in [0.717, 1.165) is 33.5 Å². The maximum Gasteiger partial charge on any atom is 0.0835 e. The predicted molar refractivity (Wildman–Crippen MR) is 101 cm³/mol. The molecule has 118 valence electrons. The number of benzene rings is 1. The molecule has 1 N–H and O–H groups in total. The molecule has 0 fully saturated rings. The summed E-state index contributed by atoms with van der Waals surface area (Å²) in [5.74, 6) is 0. The second kappa shape index (κ2) is 5.94. The average Bonchev–Trinajstić information content (AvgIpc) is 3.26. The molecular weight excluding hydrogens is 316 g/mol. The van der Waals surface area contributed by atoms with Crippen molar-refractivity contribution >= 4 is 33.6 Å². The first kappa shape index (κ1) is 14.7. The van der Waals surface area contributed by atoms with E-state index >= 15 is 0 Å². The Balaban J connectivity index is 1.63. The van der Waals surface area contributed by atoms with Gasteiger partial charge in [0, 0.05) is 36.1 Å². The molecule has 0 atom stereocenters. The molecule has 0 amide bonds. The van der Waals surface area contributed by atoms with Gasteiger partial charge in [-0.15, -0.1) is 0 Å². The normalized spacial score (nSPS) is 10.9. The number of nitrogens with one attached hydrogen (secondary N) is 1. The minimum atomic E-state index is 0.809. The van der Waals surface area contributed by atoms with Gasteiger partial charge in [0.05, 0.1) is 16.9 Å². The maximum absolute atomic E-state index is 4.60. The molecule has 0 saturated heterocycles. The number of aryl methyl sites for hydroxylation is 1. The number of thiophene rings is 1. The first-order chi connectivity index (χ1) is 11.7. The standard InChI is InChI=1S/C19H16N4S/c1-13(19-5-7-21-23(19)2)22-17-4-3-14-9-16(11-20-18(14)10-17)15-6-8-24-12-15/h3-12,22H,1H2,2H3. The molecule has 3 heterocycles. The molecule has 5 heteroatoms. The number of fused-ring (bicyclic) bond motifs is 1. The molecule has 0 bridgehead atoms. The minimum absolute atomic E-state index is 0.809. The molecule has 0 saturated carbocycles. The Morgan fingerprint density at radius 1 is 1.17 bits per heavy atom. The van der Waals surface area contributed by atoms with Crippen LogP contribution < -0.4 is 5.32 Å². The van der Waals surface area contributed by atoms with Crippen LogP contribution in [-0.4, -0.2) is 14.8 Å². The fourth-order valence-corrected chi connectivity index (χ4v) is 3.36. The topological polar surface area (TPSA) is 42.7 Å². The van der Waals surface area contributed by atoms with Crippen molar-refractivity contribution in [3.05, 3.63) is 71.8 Å². The molecule has 4 rings (SSSR count). The van der Waals surface area contributed by atoms with Gasteiger partial charge in [-0.2, -0.15) is 16.4 Å². The van der Waals surface area contributed by atoms with Crippen molar-refractivity contribution in [2.45, 2.75) is 0 Å². The van der Waals surface area contributed by atoms with Crippen LogP contribution in [0.4, 0.5) is 5.69 Å². The highest BCUT2D eigenvalue weighted by Crippen LogP contribution is 2.26. The van der Waals surface area contributed by atoms with Gasteiger partial charge in [0.15, 0.2) is 0 Å². The molecule has 0 aliphatic heterocycles. The lowest BCUT2D eigenvalue weighted by Crippen LogP contribution is -2.03. The van der Waals surface area contributed by atoms with Crippen molar-refractivity contribution in [2.75, 3.05) is 5.32 Å². The molecule has 1 aromatic carbocycles. The van der Waals surface area contributed by atoms with Crippen LogP contribution in [0, 0.1) is 0 Å². The summed E-state index contributed by atoms with van der Waals surface area (Å²) in [6, 6.07) is 12.4. The van der Waals surface area contributed by atoms with Crippen LogP contribution in [0.2, 0.25) is 0 Å². The lowest BCUT2D eigenvalue weighted by Gasteiger charge is -2.11. The van der Waals surface area contributed by atoms with Crippen LogP contribution in [0.3, 0.4) is 0 Å². The Kier molecular flexibility index (Phi) is 3.63. The lowest BCUT2D eigenvalue weighted by atomic mass is 10.1. The predicted octanol–water partition coefficient (Wildman–Crippen LogP) is 4.78. The summed E-state index contributed by atoms with van der Waals surface area (Å²) < 4.78 is 1.79. The van der Waals surface area contributed by atoms with Gasteiger partial charge < -0.3 is 5.32 Å². The third-order valence-corrected chi connectivity index (χ3v) is 4.65. The molecule has 0 aliphatic carbocycles. The quantitative estimate of drug-likeness (QED) is 0.585. The van der Waals surface area contributed by atoms with Gasteiger partial charge in [0.25, 0.3) is 0 Å². The SMILES string of the molecule is C=C(Nc1ccc2cc(-c3ccsc3)cnc2c1)c1ccnn1C. The summed E-state index contributed by atoms with van der Waals surface area (Å²) in [6.45, 7) is 4.09. The molecular formula is C19H16N4S. The van der Waals surface area contributed by atoms with E-state index in [1.807, 2.05) is 31.4 Å². The van der Waals surface area contributed by atoms with E-state index in [9.17, 15) is 0 Å². The number of rotatable bonds is 4. The van der Waals surface area contributed by atoms with E-state index in [1.54, 1.807) is 22.2 Å². The van der Waals surface area contributed by atoms with Crippen LogP contribution in [-0.2, 0) is 7.05 Å². The third kappa shape index (κ3) is 2.70. The molecule has 4 nitrogen and oxygen atoms in total. The Bertz CT molecular complexity index is 1010. The summed E-state index contributed by atoms with van der Waals surface area (Å²) in [5, 5.41) is 12.8. The Hall–Kier alpha value is -2.92. The molecule has 3 aromatic heterocycles. The van der Waals surface area contributed by atoms with Crippen molar-refractivity contribution in [1.29, 1.82) is 0 Å². The number of nitrogens with zero attached hydrogens (tertiary/aromatic N) is 3. The fourth-order valence-electron chi connectivity index (χ4n) is 2.69. The largest absolute Gasteiger partial charge is 0.354 e. The van der Waals surface area contributed by atoms with Gasteiger partial charge in [-0.1, -0.05) is 12.6 Å². The van der Waals surface area contributed by atoms with Gasteiger partial charge in [-0.25, -0.2) is 0 Å². The van der Waals surface area contributed by atoms with Crippen LogP contribution in [0.5, 0.6) is 0 Å². The van der Waals surface area contributed by atoms with Gasteiger partial charge in [0.2, 0.25) is 0 Å². The third-order valence-electron chi connectivity index (χ3n) is 3.96. The van der Waals surface area contributed by atoms with Crippen LogP contribution in [0.1, 0.15) is 5.69 Å². The molecule has 4 aromatic rings. The van der Waals surface area contributed by atoms with Crippen molar-refractivity contribution in [3.63, 3.8) is 0 Å². The first-order valence-electron chi connectivity index (χ1n) is 7.57. The van der Waals surface area contributed by atoms with Gasteiger partial charge in [-0.05, 0) is 46.7 Å². The smallest absolute Gasteiger partial charge is 0.0835 e. The highest BCUT2D eigenvalue weighted by atomic mass is 32.1. The zero-order valence-corrected chi connectivity index (χ0v) is 14.0. The van der Waals surface area contributed by atoms with E-state index in [1.165, 1.54) is 5.56 Å². The second-order valence-electron chi connectivity index (χ2n) is 5.59. The zero-order valence-electron chi connectivity index (χ0n) is 13.2. The number of aromatic nitrogens is 3. The summed E-state index contributed by atoms with van der Waals surface area (Å²) in [6.07, 6.45) is 3.68. The highest BCUT2D eigenvalue weighted by molar-refractivity contribution is 7.08. The number of hydrogen-bond acceptors (Lipinski definition) is 4. The van der Waals surface area contributed by atoms with Gasteiger partial charge in [0.1, 0.15) is 0 Å². The average molecular weight is 332 g/mol. The van der Waals surface area contributed by atoms with Gasteiger partial charge in [-0.3, -0.25) is 9.67 Å². The molecule has 24 heavy (non-hydrogen) atoms. The van der Waals surface area contributed by atoms with Crippen molar-refractivity contribution in [2.24, 2.45) is 7.05 Å². The molecule has 0 radical (unpaired) electrons. The van der Waals surface area contributed by atoms with Crippen LogP contribution >= 0.6 is 11.3 Å². The number of hydrogen-bond donors (Lipinski definition) is 1. The number of anilines is 1. The highest BCUT2D eigenvalue weighted by Gasteiger charge is 2.06. The van der Waals surface area contributed by atoms with Crippen molar-refractivity contribution in [3.8, 4) is 11.1 Å². The summed E-state index contributed by atoms with van der Waals surface area (Å²) in [4.78, 5) is 4.60. The summed E-state index contributed by atoms with van der Waals surface area (Å²) >= 11 is 1.69. The molecule has 0 aliphatic rings. The number of pyridine rings is 1. The van der Waals surface area contributed by atoms with Crippen molar-refractivity contribution < 1.29 is 0 Å². The van der Waals surface area contributed by atoms with Crippen molar-refractivity contribution in [1.82, 2.24) is 14.8 Å². The Morgan fingerprint density at radius 3 is 2.83 bits per heavy atom. The summed E-state index contributed by atoms with van der Waals surface area (Å²) in [5.41, 5.74) is 6.03. The van der Waals surface area contributed by atoms with E-state index in [4.69, 9.17) is 0 Å². The van der Waals surface area contributed by atoms with Crippen LogP contribution in [0.15, 0.2) is 66.1 Å². The Morgan fingerprint density at radius 2 is 2.08 bits per heavy atom. The minimum Gasteiger partial charge on any atom is -0.354 e. The van der Waals surface area contributed by atoms with E-state index in [0.29, 0.717) is 0 Å². The van der Waals surface area contributed by atoms with E-state index in [2.05, 4.69) is 50.9 Å². The van der Waals surface area contributed by atoms with E-state index in [-0.39, 0.29) is 0 Å². The van der Waals surface area contributed by atoms with E-state index < -0.39 is 0 Å². The fraction of sp³-hybridized carbons (Fsp3) is 0.0526. The zero-order chi connectivity index (χ0) is 16.5. The molecule has 0 unspecified atom stereocenters. The maximum atomic E-state index is 4.60. The summed E-state index contributed by atoms with van der Waals surface area (Å²) in [7, 11) is 1.90. The van der Waals surface area contributed by atoms with Gasteiger partial charge >= 0.3 is 0 Å². The lowest BCUT2D eigenvalue weighted by molar-refractivity contribution is 0.756. The second-order valence-corrected chi connectivity index (χ2v) is 6.37. The monoisotopic (exact) mass is 332 g/mol. The Labute approximate surface area is 144 Å².